The summed E-state index contributed by atoms with van der Waals surface area (Å²) in [5.74, 6) is -0.199. The fraction of sp³-hybridized carbons (Fsp3) is 0.600. The minimum Gasteiger partial charge on any atom is -0.453 e. The van der Waals surface area contributed by atoms with Crippen molar-refractivity contribution in [3.8, 4) is 0 Å². The second kappa shape index (κ2) is 11.3. The van der Waals surface area contributed by atoms with Crippen LogP contribution in [-0.4, -0.2) is 36.0 Å². The molecule has 0 radical (unpaired) electrons. The molecule has 28 heavy (non-hydrogen) atoms. The molecule has 0 unspecified atom stereocenters. The van der Waals surface area contributed by atoms with Gasteiger partial charge in [-0.05, 0) is 38.2 Å². The van der Waals surface area contributed by atoms with Gasteiger partial charge in [-0.25, -0.2) is 0 Å². The number of nitro groups is 1. The summed E-state index contributed by atoms with van der Waals surface area (Å²) in [6, 6.07) is 6.35. The van der Waals surface area contributed by atoms with Crippen molar-refractivity contribution in [1.29, 1.82) is 0 Å². The maximum absolute atomic E-state index is 12.1. The van der Waals surface area contributed by atoms with E-state index in [9.17, 15) is 19.7 Å². The van der Waals surface area contributed by atoms with Crippen LogP contribution in [0.15, 0.2) is 24.3 Å². The molecule has 154 valence electrons. The first-order valence-electron chi connectivity index (χ1n) is 9.92. The van der Waals surface area contributed by atoms with E-state index in [2.05, 4.69) is 10.6 Å². The van der Waals surface area contributed by atoms with E-state index in [-0.39, 0.29) is 18.0 Å². The van der Waals surface area contributed by atoms with Gasteiger partial charge < -0.3 is 15.4 Å². The Morgan fingerprint density at radius 1 is 1.25 bits per heavy atom. The monoisotopic (exact) mass is 391 g/mol. The Morgan fingerprint density at radius 2 is 1.96 bits per heavy atom. The quantitative estimate of drug-likeness (QED) is 0.274. The van der Waals surface area contributed by atoms with E-state index in [0.717, 1.165) is 12.8 Å². The van der Waals surface area contributed by atoms with Gasteiger partial charge in [-0.15, -0.1) is 0 Å². The normalized spacial score (nSPS) is 15.5. The number of hydrogen-bond acceptors (Lipinski definition) is 6. The molecule has 1 saturated carbocycles. The second-order valence-corrected chi connectivity index (χ2v) is 7.19. The van der Waals surface area contributed by atoms with Crippen LogP contribution >= 0.6 is 0 Å². The van der Waals surface area contributed by atoms with E-state index >= 15 is 0 Å². The highest BCUT2D eigenvalue weighted by molar-refractivity contribution is 5.83. The highest BCUT2D eigenvalue weighted by Crippen LogP contribution is 2.23. The summed E-state index contributed by atoms with van der Waals surface area (Å²) in [5, 5.41) is 16.8. The van der Waals surface area contributed by atoms with Crippen molar-refractivity contribution >= 4 is 23.3 Å². The minimum atomic E-state index is -0.820. The molecule has 0 aliphatic heterocycles. The van der Waals surface area contributed by atoms with E-state index < -0.39 is 17.0 Å². The Labute approximate surface area is 165 Å². The van der Waals surface area contributed by atoms with Gasteiger partial charge in [0, 0.05) is 25.6 Å². The summed E-state index contributed by atoms with van der Waals surface area (Å²) in [5.41, 5.74) is 0.407. The Balaban J connectivity index is 1.63. The number of benzene rings is 1. The number of anilines is 1. The molecule has 1 atom stereocenters. The molecule has 8 nitrogen and oxygen atoms in total. The first-order valence-corrected chi connectivity index (χ1v) is 9.92. The van der Waals surface area contributed by atoms with Gasteiger partial charge in [-0.1, -0.05) is 31.4 Å². The maximum atomic E-state index is 12.1. The van der Waals surface area contributed by atoms with Crippen LogP contribution in [0.1, 0.15) is 51.9 Å². The molecule has 0 aromatic heterocycles. The number of para-hydroxylation sites is 2. The predicted octanol–water partition coefficient (Wildman–Crippen LogP) is 3.42. The molecule has 0 saturated heterocycles. The van der Waals surface area contributed by atoms with Gasteiger partial charge in [0.05, 0.1) is 4.92 Å². The smallest absolute Gasteiger partial charge is 0.306 e. The van der Waals surface area contributed by atoms with Crippen LogP contribution in [0, 0.1) is 16.0 Å². The fourth-order valence-corrected chi connectivity index (χ4v) is 3.33. The third-order valence-corrected chi connectivity index (χ3v) is 4.94. The van der Waals surface area contributed by atoms with Crippen LogP contribution in [0.25, 0.3) is 0 Å². The zero-order valence-electron chi connectivity index (χ0n) is 16.3. The molecule has 1 amide bonds. The molecule has 1 aliphatic rings. The molecule has 0 spiro atoms. The average molecular weight is 391 g/mol. The molecule has 2 N–H and O–H groups in total. The molecule has 8 heteroatoms. The van der Waals surface area contributed by atoms with E-state index in [1.54, 1.807) is 25.1 Å². The van der Waals surface area contributed by atoms with Crippen molar-refractivity contribution < 1.29 is 19.2 Å². The molecular formula is C20H29N3O5. The number of nitro benzene ring substituents is 1. The van der Waals surface area contributed by atoms with Gasteiger partial charge >= 0.3 is 5.97 Å². The summed E-state index contributed by atoms with van der Waals surface area (Å²) in [6.45, 7) is 2.60. The standard InChI is InChI=1S/C20H29N3O5/c1-15(20(25)22-14-16-8-3-2-4-9-16)28-19(24)12-7-13-21-17-10-5-6-11-18(17)23(26)27/h5-6,10-11,15-16,21H,2-4,7-9,12-14H2,1H3,(H,22,25)/t15-/m1/s1. The second-order valence-electron chi connectivity index (χ2n) is 7.19. The van der Waals surface area contributed by atoms with Gasteiger partial charge in [0.2, 0.25) is 0 Å². The van der Waals surface area contributed by atoms with Gasteiger partial charge in [0.1, 0.15) is 5.69 Å². The van der Waals surface area contributed by atoms with E-state index in [1.165, 1.54) is 25.3 Å². The summed E-state index contributed by atoms with van der Waals surface area (Å²) in [6.07, 6.45) is 5.73. The largest absolute Gasteiger partial charge is 0.453 e. The molecule has 1 aromatic rings. The third-order valence-electron chi connectivity index (χ3n) is 4.94. The van der Waals surface area contributed by atoms with E-state index in [4.69, 9.17) is 4.74 Å². The molecule has 0 bridgehead atoms. The molecule has 1 aromatic carbocycles. The van der Waals surface area contributed by atoms with Crippen LogP contribution < -0.4 is 10.6 Å². The average Bonchev–Trinajstić information content (AvgIpc) is 2.70. The van der Waals surface area contributed by atoms with Crippen molar-refractivity contribution in [1.82, 2.24) is 5.32 Å². The Morgan fingerprint density at radius 3 is 2.68 bits per heavy atom. The number of nitrogens with zero attached hydrogens (tertiary/aromatic N) is 1. The molecule has 2 rings (SSSR count). The van der Waals surface area contributed by atoms with Gasteiger partial charge in [0.15, 0.2) is 6.10 Å². The van der Waals surface area contributed by atoms with Crippen molar-refractivity contribution in [3.05, 3.63) is 34.4 Å². The lowest BCUT2D eigenvalue weighted by atomic mass is 9.89. The third kappa shape index (κ3) is 7.17. The Hall–Kier alpha value is -2.64. The lowest BCUT2D eigenvalue weighted by Crippen LogP contribution is -2.38. The van der Waals surface area contributed by atoms with Crippen LogP contribution in [0.5, 0.6) is 0 Å². The molecule has 1 aliphatic carbocycles. The van der Waals surface area contributed by atoms with Crippen molar-refractivity contribution in [2.24, 2.45) is 5.92 Å². The van der Waals surface area contributed by atoms with Gasteiger partial charge in [-0.3, -0.25) is 19.7 Å². The lowest BCUT2D eigenvalue weighted by molar-refractivity contribution is -0.384. The zero-order chi connectivity index (χ0) is 20.4. The number of carbonyl (C=O) groups excluding carboxylic acids is 2. The zero-order valence-corrected chi connectivity index (χ0v) is 16.3. The van der Waals surface area contributed by atoms with Crippen molar-refractivity contribution in [2.75, 3.05) is 18.4 Å². The number of esters is 1. The summed E-state index contributed by atoms with van der Waals surface area (Å²) in [4.78, 5) is 34.5. The maximum Gasteiger partial charge on any atom is 0.306 e. The van der Waals surface area contributed by atoms with Crippen LogP contribution in [-0.2, 0) is 14.3 Å². The van der Waals surface area contributed by atoms with Crippen LogP contribution in [0.2, 0.25) is 0 Å². The Kier molecular flexibility index (Phi) is 8.71. The summed E-state index contributed by atoms with van der Waals surface area (Å²) in [7, 11) is 0. The lowest BCUT2D eigenvalue weighted by Gasteiger charge is -2.22. The van der Waals surface area contributed by atoms with Crippen molar-refractivity contribution in [2.45, 2.75) is 58.0 Å². The Bertz CT molecular complexity index is 674. The number of carbonyl (C=O) groups is 2. The van der Waals surface area contributed by atoms with E-state index in [0.29, 0.717) is 31.1 Å². The number of ether oxygens (including phenoxy) is 1. The van der Waals surface area contributed by atoms with Gasteiger partial charge in [0.25, 0.3) is 11.6 Å². The highest BCUT2D eigenvalue weighted by atomic mass is 16.6. The van der Waals surface area contributed by atoms with E-state index in [1.807, 2.05) is 0 Å². The minimum absolute atomic E-state index is 0.00617. The summed E-state index contributed by atoms with van der Waals surface area (Å²) >= 11 is 0. The first-order chi connectivity index (χ1) is 13.5. The number of amides is 1. The van der Waals surface area contributed by atoms with Crippen LogP contribution in [0.3, 0.4) is 0 Å². The summed E-state index contributed by atoms with van der Waals surface area (Å²) < 4.78 is 5.18. The fourth-order valence-electron chi connectivity index (χ4n) is 3.33. The first kappa shape index (κ1) is 21.7. The molecule has 1 fully saturated rings. The van der Waals surface area contributed by atoms with Crippen molar-refractivity contribution in [3.63, 3.8) is 0 Å². The highest BCUT2D eigenvalue weighted by Gasteiger charge is 2.20. The number of hydrogen-bond donors (Lipinski definition) is 2. The SMILES string of the molecule is C[C@@H](OC(=O)CCCNc1ccccc1[N+](=O)[O-])C(=O)NCC1CCCCC1. The predicted molar refractivity (Wildman–Crippen MR) is 106 cm³/mol. The topological polar surface area (TPSA) is 111 Å². The van der Waals surface area contributed by atoms with Gasteiger partial charge in [-0.2, -0.15) is 0 Å². The number of rotatable bonds is 10. The van der Waals surface area contributed by atoms with Crippen LogP contribution in [0.4, 0.5) is 11.4 Å². The molecule has 0 heterocycles. The number of nitrogens with one attached hydrogen (secondary N) is 2. The molecular weight excluding hydrogens is 362 g/mol.